The van der Waals surface area contributed by atoms with Crippen LogP contribution in [0.15, 0.2) is 24.3 Å². The summed E-state index contributed by atoms with van der Waals surface area (Å²) in [6, 6.07) is 0. The van der Waals surface area contributed by atoms with Crippen molar-refractivity contribution in [3.63, 3.8) is 0 Å². The molecule has 210 valence electrons. The van der Waals surface area contributed by atoms with Crippen LogP contribution in [0.25, 0.3) is 0 Å². The summed E-state index contributed by atoms with van der Waals surface area (Å²) >= 11 is 0. The minimum Gasteiger partial charge on any atom is -0.481 e. The molecule has 0 aromatic heterocycles. The number of aliphatic carboxylic acids is 1. The number of carbonyl (C=O) groups is 2. The van der Waals surface area contributed by atoms with Crippen LogP contribution in [-0.4, -0.2) is 23.1 Å². The second-order valence-electron chi connectivity index (χ2n) is 10.3. The molecule has 1 unspecified atom stereocenters. The molecule has 0 saturated heterocycles. The van der Waals surface area contributed by atoms with E-state index in [1.165, 1.54) is 83.5 Å². The lowest BCUT2D eigenvalue weighted by atomic mass is 10.1. The third-order valence-electron chi connectivity index (χ3n) is 6.61. The first-order valence-electron chi connectivity index (χ1n) is 15.3. The van der Waals surface area contributed by atoms with E-state index >= 15 is 0 Å². The highest BCUT2D eigenvalue weighted by molar-refractivity contribution is 5.69. The molecule has 0 aromatic carbocycles. The fourth-order valence-corrected chi connectivity index (χ4v) is 4.33. The highest BCUT2D eigenvalue weighted by atomic mass is 16.5. The fraction of sp³-hybridized carbons (Fsp3) is 0.812. The predicted octanol–water partition coefficient (Wildman–Crippen LogP) is 10.1. The van der Waals surface area contributed by atoms with Crippen LogP contribution < -0.4 is 0 Å². The molecular weight excluding hydrogens is 448 g/mol. The van der Waals surface area contributed by atoms with Gasteiger partial charge in [-0.2, -0.15) is 0 Å². The zero-order valence-corrected chi connectivity index (χ0v) is 23.8. The quantitative estimate of drug-likeness (QED) is 0.0683. The molecule has 0 saturated carbocycles. The molecule has 1 N–H and O–H groups in total. The van der Waals surface area contributed by atoms with Gasteiger partial charge in [-0.25, -0.2) is 0 Å². The van der Waals surface area contributed by atoms with Crippen molar-refractivity contribution in [3.05, 3.63) is 24.3 Å². The Bertz CT molecular complexity index is 552. The van der Waals surface area contributed by atoms with E-state index in [2.05, 4.69) is 38.2 Å². The van der Waals surface area contributed by atoms with Crippen LogP contribution in [0.3, 0.4) is 0 Å². The van der Waals surface area contributed by atoms with Gasteiger partial charge in [-0.1, -0.05) is 109 Å². The number of hydrogen-bond donors (Lipinski definition) is 1. The maximum atomic E-state index is 12.4. The number of allylic oxidation sites excluding steroid dienone is 3. The first-order valence-corrected chi connectivity index (χ1v) is 15.3. The summed E-state index contributed by atoms with van der Waals surface area (Å²) in [6.07, 6.45) is 33.3. The number of rotatable bonds is 27. The summed E-state index contributed by atoms with van der Waals surface area (Å²) in [5.74, 6) is -0.798. The van der Waals surface area contributed by atoms with Gasteiger partial charge in [0.05, 0.1) is 0 Å². The van der Waals surface area contributed by atoms with E-state index in [4.69, 9.17) is 9.84 Å². The number of carboxylic acid groups (broad SMARTS) is 1. The van der Waals surface area contributed by atoms with Gasteiger partial charge >= 0.3 is 11.9 Å². The van der Waals surface area contributed by atoms with Crippen LogP contribution in [0.1, 0.15) is 162 Å². The molecule has 0 aromatic rings. The Balaban J connectivity index is 4.15. The smallest absolute Gasteiger partial charge is 0.306 e. The van der Waals surface area contributed by atoms with Gasteiger partial charge in [0.15, 0.2) is 0 Å². The summed E-state index contributed by atoms with van der Waals surface area (Å²) in [5.41, 5.74) is 0. The van der Waals surface area contributed by atoms with Crippen LogP contribution in [0.4, 0.5) is 0 Å². The van der Waals surface area contributed by atoms with Crippen molar-refractivity contribution in [2.45, 2.75) is 168 Å². The molecule has 4 nitrogen and oxygen atoms in total. The molecule has 0 amide bonds. The van der Waals surface area contributed by atoms with Gasteiger partial charge in [0.2, 0.25) is 0 Å². The van der Waals surface area contributed by atoms with Crippen molar-refractivity contribution < 1.29 is 19.4 Å². The highest BCUT2D eigenvalue weighted by Gasteiger charge is 2.11. The molecule has 0 fully saturated rings. The van der Waals surface area contributed by atoms with Crippen molar-refractivity contribution in [2.24, 2.45) is 0 Å². The summed E-state index contributed by atoms with van der Waals surface area (Å²) in [5, 5.41) is 8.77. The maximum Gasteiger partial charge on any atom is 0.306 e. The SMILES string of the molecule is CCC/C=C\CCCCCCCC(=O)OC(/C=C\CCCCCCCCC)CCCCCCC(=O)O. The third-order valence-corrected chi connectivity index (χ3v) is 6.61. The van der Waals surface area contributed by atoms with Gasteiger partial charge in [0.1, 0.15) is 6.10 Å². The fourth-order valence-electron chi connectivity index (χ4n) is 4.33. The highest BCUT2D eigenvalue weighted by Crippen LogP contribution is 2.15. The third kappa shape index (κ3) is 27.0. The largest absolute Gasteiger partial charge is 0.481 e. The molecule has 0 rings (SSSR count). The number of carbonyl (C=O) groups excluding carboxylic acids is 1. The van der Waals surface area contributed by atoms with E-state index in [0.29, 0.717) is 6.42 Å². The number of unbranched alkanes of at least 4 members (excludes halogenated alkanes) is 16. The normalized spacial score (nSPS) is 12.5. The molecule has 0 aliphatic rings. The number of carboxylic acids is 1. The van der Waals surface area contributed by atoms with Crippen LogP contribution in [0.2, 0.25) is 0 Å². The second kappa shape index (κ2) is 28.0. The standard InChI is InChI=1S/C32H58O4/c1-3-5-7-9-11-13-15-17-19-25-29-32(35)36-30(27-23-20-21-24-28-31(33)34)26-22-18-16-14-12-10-8-6-4-2/h7,9,22,26,30H,3-6,8,10-21,23-25,27-29H2,1-2H3,(H,33,34)/b9-7-,26-22-. The zero-order valence-electron chi connectivity index (χ0n) is 23.8. The molecule has 0 aliphatic carbocycles. The van der Waals surface area contributed by atoms with Crippen molar-refractivity contribution >= 4 is 11.9 Å². The van der Waals surface area contributed by atoms with Crippen molar-refractivity contribution in [1.82, 2.24) is 0 Å². The van der Waals surface area contributed by atoms with Gasteiger partial charge in [-0.15, -0.1) is 0 Å². The molecule has 36 heavy (non-hydrogen) atoms. The van der Waals surface area contributed by atoms with Crippen molar-refractivity contribution in [1.29, 1.82) is 0 Å². The van der Waals surface area contributed by atoms with Crippen molar-refractivity contribution in [3.8, 4) is 0 Å². The lowest BCUT2D eigenvalue weighted by molar-refractivity contribution is -0.147. The van der Waals surface area contributed by atoms with Gasteiger partial charge < -0.3 is 9.84 Å². The Morgan fingerprint density at radius 1 is 0.611 bits per heavy atom. The maximum absolute atomic E-state index is 12.4. The molecule has 4 heteroatoms. The number of hydrogen-bond acceptors (Lipinski definition) is 3. The Kier molecular flexibility index (Phi) is 26.8. The summed E-state index contributed by atoms with van der Waals surface area (Å²) < 4.78 is 5.82. The Morgan fingerprint density at radius 3 is 1.78 bits per heavy atom. The lowest BCUT2D eigenvalue weighted by Crippen LogP contribution is -2.16. The summed E-state index contributed by atoms with van der Waals surface area (Å²) in [4.78, 5) is 23.1. The van der Waals surface area contributed by atoms with Gasteiger partial charge in [0, 0.05) is 12.8 Å². The average molecular weight is 507 g/mol. The summed E-state index contributed by atoms with van der Waals surface area (Å²) in [7, 11) is 0. The van der Waals surface area contributed by atoms with Gasteiger partial charge in [-0.05, 0) is 63.9 Å². The minimum absolute atomic E-state index is 0.0750. The number of esters is 1. The molecule has 0 bridgehead atoms. The Labute approximate surface area is 223 Å². The van der Waals surface area contributed by atoms with Crippen LogP contribution >= 0.6 is 0 Å². The second-order valence-corrected chi connectivity index (χ2v) is 10.3. The van der Waals surface area contributed by atoms with E-state index in [9.17, 15) is 9.59 Å². The first-order chi connectivity index (χ1) is 17.6. The Hall–Kier alpha value is -1.58. The zero-order chi connectivity index (χ0) is 26.5. The molecule has 0 aliphatic heterocycles. The molecule has 0 radical (unpaired) electrons. The molecule has 1 atom stereocenters. The summed E-state index contributed by atoms with van der Waals surface area (Å²) in [6.45, 7) is 4.45. The molecule has 0 spiro atoms. The van der Waals surface area contributed by atoms with Crippen molar-refractivity contribution in [2.75, 3.05) is 0 Å². The van der Waals surface area contributed by atoms with Crippen LogP contribution in [0.5, 0.6) is 0 Å². The minimum atomic E-state index is -0.723. The Morgan fingerprint density at radius 2 is 1.14 bits per heavy atom. The topological polar surface area (TPSA) is 63.6 Å². The van der Waals surface area contributed by atoms with E-state index in [-0.39, 0.29) is 18.5 Å². The van der Waals surface area contributed by atoms with E-state index in [1.54, 1.807) is 0 Å². The monoisotopic (exact) mass is 506 g/mol. The van der Waals surface area contributed by atoms with Crippen LogP contribution in [0, 0.1) is 0 Å². The predicted molar refractivity (Wildman–Crippen MR) is 153 cm³/mol. The van der Waals surface area contributed by atoms with Crippen LogP contribution in [-0.2, 0) is 14.3 Å². The van der Waals surface area contributed by atoms with Gasteiger partial charge in [0.25, 0.3) is 0 Å². The average Bonchev–Trinajstić information content (AvgIpc) is 2.85. The first kappa shape index (κ1) is 34.4. The van der Waals surface area contributed by atoms with E-state index in [0.717, 1.165) is 51.4 Å². The van der Waals surface area contributed by atoms with E-state index < -0.39 is 5.97 Å². The molecule has 0 heterocycles. The van der Waals surface area contributed by atoms with Gasteiger partial charge in [-0.3, -0.25) is 9.59 Å². The lowest BCUT2D eigenvalue weighted by Gasteiger charge is -2.15. The van der Waals surface area contributed by atoms with E-state index in [1.807, 2.05) is 0 Å². The number of ether oxygens (including phenoxy) is 1. The molecular formula is C32H58O4.